The summed E-state index contributed by atoms with van der Waals surface area (Å²) < 4.78 is 13.5. The van der Waals surface area contributed by atoms with Crippen molar-refractivity contribution >= 4 is 29.3 Å². The first-order valence-corrected chi connectivity index (χ1v) is 6.66. The Bertz CT molecular complexity index is 712. The molecule has 0 heterocycles. The molecule has 0 spiro atoms. The quantitative estimate of drug-likeness (QED) is 0.850. The maximum absolute atomic E-state index is 13.5. The van der Waals surface area contributed by atoms with Gasteiger partial charge in [-0.25, -0.2) is 4.39 Å². The molecule has 0 atom stereocenters. The van der Waals surface area contributed by atoms with E-state index in [4.69, 9.17) is 0 Å². The van der Waals surface area contributed by atoms with Crippen LogP contribution in [0.2, 0.25) is 0 Å². The van der Waals surface area contributed by atoms with Crippen molar-refractivity contribution in [1.82, 2.24) is 0 Å². The van der Waals surface area contributed by atoms with Gasteiger partial charge in [-0.15, -0.1) is 0 Å². The summed E-state index contributed by atoms with van der Waals surface area (Å²) in [7, 11) is 0. The summed E-state index contributed by atoms with van der Waals surface area (Å²) in [6, 6.07) is 13.4. The molecular weight excluding hydrogens is 283 g/mol. The third kappa shape index (κ3) is 4.56. The fourth-order valence-electron chi connectivity index (χ4n) is 1.81. The Morgan fingerprint density at radius 1 is 1.05 bits per heavy atom. The van der Waals surface area contributed by atoms with Crippen LogP contribution < -0.4 is 10.6 Å². The standard InChI is InChI=1S/C17H15FN2O2/c1-12(21)19-16-11-14(8-9-15(16)18)20-17(22)10-7-13-5-3-2-4-6-13/h2-11H,1H3,(H,19,21)(H,20,22). The molecule has 2 amide bonds. The van der Waals surface area contributed by atoms with Crippen molar-refractivity contribution in [3.8, 4) is 0 Å². The molecule has 2 N–H and O–H groups in total. The van der Waals surface area contributed by atoms with Gasteiger partial charge >= 0.3 is 0 Å². The van der Waals surface area contributed by atoms with Gasteiger partial charge in [-0.1, -0.05) is 30.3 Å². The van der Waals surface area contributed by atoms with Crippen molar-refractivity contribution < 1.29 is 14.0 Å². The largest absolute Gasteiger partial charge is 0.324 e. The average molecular weight is 298 g/mol. The monoisotopic (exact) mass is 298 g/mol. The van der Waals surface area contributed by atoms with Crippen LogP contribution in [0.4, 0.5) is 15.8 Å². The molecule has 0 aliphatic carbocycles. The van der Waals surface area contributed by atoms with E-state index in [1.165, 1.54) is 31.2 Å². The number of carbonyl (C=O) groups is 2. The van der Waals surface area contributed by atoms with Crippen molar-refractivity contribution in [3.63, 3.8) is 0 Å². The highest BCUT2D eigenvalue weighted by molar-refractivity contribution is 6.02. The zero-order chi connectivity index (χ0) is 15.9. The number of anilines is 2. The molecule has 2 aromatic carbocycles. The third-order valence-electron chi connectivity index (χ3n) is 2.77. The normalized spacial score (nSPS) is 10.5. The van der Waals surface area contributed by atoms with E-state index in [0.717, 1.165) is 5.56 Å². The third-order valence-corrected chi connectivity index (χ3v) is 2.77. The minimum absolute atomic E-state index is 0.0253. The molecule has 112 valence electrons. The SMILES string of the molecule is CC(=O)Nc1cc(NC(=O)C=Cc2ccccc2)ccc1F. The van der Waals surface area contributed by atoms with Crippen LogP contribution in [0, 0.1) is 5.82 Å². The second-order valence-corrected chi connectivity index (χ2v) is 4.61. The first-order valence-electron chi connectivity index (χ1n) is 6.66. The van der Waals surface area contributed by atoms with Crippen LogP contribution in [0.5, 0.6) is 0 Å². The van der Waals surface area contributed by atoms with E-state index >= 15 is 0 Å². The van der Waals surface area contributed by atoms with Crippen molar-refractivity contribution in [3.05, 3.63) is 66.0 Å². The Hall–Kier alpha value is -2.95. The lowest BCUT2D eigenvalue weighted by Gasteiger charge is -2.07. The fourth-order valence-corrected chi connectivity index (χ4v) is 1.81. The second kappa shape index (κ2) is 7.17. The maximum atomic E-state index is 13.5. The maximum Gasteiger partial charge on any atom is 0.248 e. The van der Waals surface area contributed by atoms with Crippen LogP contribution >= 0.6 is 0 Å². The van der Waals surface area contributed by atoms with Gasteiger partial charge in [-0.05, 0) is 29.8 Å². The Kier molecular flexibility index (Phi) is 5.03. The van der Waals surface area contributed by atoms with E-state index in [1.807, 2.05) is 30.3 Å². The minimum Gasteiger partial charge on any atom is -0.324 e. The number of hydrogen-bond acceptors (Lipinski definition) is 2. The molecule has 22 heavy (non-hydrogen) atoms. The van der Waals surface area contributed by atoms with Gasteiger partial charge in [0.05, 0.1) is 5.69 Å². The lowest BCUT2D eigenvalue weighted by atomic mass is 10.2. The van der Waals surface area contributed by atoms with Gasteiger partial charge in [0.1, 0.15) is 5.82 Å². The summed E-state index contributed by atoms with van der Waals surface area (Å²) in [6.07, 6.45) is 3.06. The van der Waals surface area contributed by atoms with Crippen molar-refractivity contribution in [1.29, 1.82) is 0 Å². The Balaban J connectivity index is 2.05. The minimum atomic E-state index is -0.562. The Morgan fingerprint density at radius 3 is 2.45 bits per heavy atom. The number of hydrogen-bond donors (Lipinski definition) is 2. The lowest BCUT2D eigenvalue weighted by Crippen LogP contribution is -2.10. The number of benzene rings is 2. The summed E-state index contributed by atoms with van der Waals surface area (Å²) in [6.45, 7) is 1.29. The number of rotatable bonds is 4. The predicted molar refractivity (Wildman–Crippen MR) is 84.8 cm³/mol. The van der Waals surface area contributed by atoms with Gasteiger partial charge in [0.25, 0.3) is 0 Å². The van der Waals surface area contributed by atoms with E-state index < -0.39 is 5.82 Å². The van der Waals surface area contributed by atoms with E-state index in [-0.39, 0.29) is 17.5 Å². The summed E-state index contributed by atoms with van der Waals surface area (Å²) >= 11 is 0. The smallest absolute Gasteiger partial charge is 0.248 e. The van der Waals surface area contributed by atoms with E-state index in [0.29, 0.717) is 5.69 Å². The first kappa shape index (κ1) is 15.4. The molecule has 4 nitrogen and oxygen atoms in total. The molecule has 0 aliphatic heterocycles. The number of halogens is 1. The molecule has 2 aromatic rings. The molecule has 0 fully saturated rings. The van der Waals surface area contributed by atoms with Crippen LogP contribution in [-0.2, 0) is 9.59 Å². The topological polar surface area (TPSA) is 58.2 Å². The van der Waals surface area contributed by atoms with E-state index in [9.17, 15) is 14.0 Å². The van der Waals surface area contributed by atoms with Crippen molar-refractivity contribution in [2.24, 2.45) is 0 Å². The number of amides is 2. The predicted octanol–water partition coefficient (Wildman–Crippen LogP) is 3.44. The molecule has 0 bridgehead atoms. The Morgan fingerprint density at radius 2 is 1.77 bits per heavy atom. The fraction of sp³-hybridized carbons (Fsp3) is 0.0588. The highest BCUT2D eigenvalue weighted by atomic mass is 19.1. The van der Waals surface area contributed by atoms with E-state index in [2.05, 4.69) is 10.6 Å². The first-order chi connectivity index (χ1) is 10.5. The lowest BCUT2D eigenvalue weighted by molar-refractivity contribution is -0.114. The second-order valence-electron chi connectivity index (χ2n) is 4.61. The zero-order valence-electron chi connectivity index (χ0n) is 12.0. The molecule has 5 heteroatoms. The molecule has 0 aliphatic rings. The van der Waals surface area contributed by atoms with Gasteiger partial charge in [0.15, 0.2) is 0 Å². The van der Waals surface area contributed by atoms with Crippen molar-refractivity contribution in [2.75, 3.05) is 10.6 Å². The Labute approximate surface area is 127 Å². The van der Waals surface area contributed by atoms with Gasteiger partial charge < -0.3 is 10.6 Å². The summed E-state index contributed by atoms with van der Waals surface area (Å²) in [5.74, 6) is -1.29. The van der Waals surface area contributed by atoms with Crippen LogP contribution in [0.3, 0.4) is 0 Å². The van der Waals surface area contributed by atoms with Gasteiger partial charge in [0.2, 0.25) is 11.8 Å². The highest BCUT2D eigenvalue weighted by Gasteiger charge is 2.06. The van der Waals surface area contributed by atoms with Crippen LogP contribution in [0.15, 0.2) is 54.6 Å². The highest BCUT2D eigenvalue weighted by Crippen LogP contribution is 2.19. The molecule has 0 saturated heterocycles. The molecule has 0 unspecified atom stereocenters. The van der Waals surface area contributed by atoms with Gasteiger partial charge in [0, 0.05) is 18.7 Å². The number of carbonyl (C=O) groups excluding carboxylic acids is 2. The summed E-state index contributed by atoms with van der Waals surface area (Å²) in [5.41, 5.74) is 1.32. The molecule has 2 rings (SSSR count). The summed E-state index contributed by atoms with van der Waals surface area (Å²) in [5, 5.41) is 4.97. The summed E-state index contributed by atoms with van der Waals surface area (Å²) in [4.78, 5) is 22.8. The van der Waals surface area contributed by atoms with E-state index in [1.54, 1.807) is 6.08 Å². The number of nitrogens with one attached hydrogen (secondary N) is 2. The van der Waals surface area contributed by atoms with Gasteiger partial charge in [-0.3, -0.25) is 9.59 Å². The van der Waals surface area contributed by atoms with Crippen LogP contribution in [-0.4, -0.2) is 11.8 Å². The zero-order valence-corrected chi connectivity index (χ0v) is 12.0. The van der Waals surface area contributed by atoms with Crippen LogP contribution in [0.25, 0.3) is 6.08 Å². The molecule has 0 radical (unpaired) electrons. The van der Waals surface area contributed by atoms with Crippen LogP contribution in [0.1, 0.15) is 12.5 Å². The molecule has 0 aromatic heterocycles. The molecular formula is C17H15FN2O2. The van der Waals surface area contributed by atoms with Crippen molar-refractivity contribution in [2.45, 2.75) is 6.92 Å². The van der Waals surface area contributed by atoms with Gasteiger partial charge in [-0.2, -0.15) is 0 Å². The average Bonchev–Trinajstić information content (AvgIpc) is 2.49. The molecule has 0 saturated carbocycles.